The van der Waals surface area contributed by atoms with Gasteiger partial charge in [-0.05, 0) is 30.3 Å². The quantitative estimate of drug-likeness (QED) is 0.396. The van der Waals surface area contributed by atoms with E-state index in [1.165, 1.54) is 18.2 Å². The van der Waals surface area contributed by atoms with Crippen molar-refractivity contribution in [1.29, 1.82) is 0 Å². The Kier molecular flexibility index (Phi) is 6.39. The van der Waals surface area contributed by atoms with Crippen molar-refractivity contribution in [3.8, 4) is 11.5 Å². The van der Waals surface area contributed by atoms with Gasteiger partial charge in [0.2, 0.25) is 0 Å². The molecule has 0 bridgehead atoms. The van der Waals surface area contributed by atoms with Crippen molar-refractivity contribution in [2.75, 3.05) is 18.1 Å². The first-order chi connectivity index (χ1) is 16.4. The number of anilines is 1. The number of fused-ring (bicyclic) bond motifs is 1. The first kappa shape index (κ1) is 22.3. The zero-order valence-corrected chi connectivity index (χ0v) is 17.6. The molecule has 2 heterocycles. The summed E-state index contributed by atoms with van der Waals surface area (Å²) in [7, 11) is 0. The van der Waals surface area contributed by atoms with Crippen LogP contribution in [0, 0.1) is 10.1 Å². The molecule has 3 amide bonds. The number of ether oxygens (including phenoxy) is 2. The molecule has 0 aliphatic carbocycles. The minimum absolute atomic E-state index is 0.0598. The molecule has 34 heavy (non-hydrogen) atoms. The molecule has 0 saturated heterocycles. The zero-order valence-electron chi connectivity index (χ0n) is 17.6. The number of para-hydroxylation sites is 1. The number of nitrogens with one attached hydrogen (secondary N) is 2. The molecule has 1 aromatic heterocycles. The van der Waals surface area contributed by atoms with Crippen LogP contribution in [-0.2, 0) is 16.2 Å². The number of nitro groups is 1. The van der Waals surface area contributed by atoms with Crippen LogP contribution >= 0.6 is 0 Å². The van der Waals surface area contributed by atoms with E-state index in [4.69, 9.17) is 13.9 Å². The van der Waals surface area contributed by atoms with Gasteiger partial charge in [0, 0.05) is 12.1 Å². The highest BCUT2D eigenvalue weighted by Gasteiger charge is 2.29. The first-order valence-electron chi connectivity index (χ1n) is 9.98. The molecule has 1 aliphatic heterocycles. The van der Waals surface area contributed by atoms with Crippen LogP contribution in [0.5, 0.6) is 11.5 Å². The predicted molar refractivity (Wildman–Crippen MR) is 116 cm³/mol. The topological polar surface area (TPSA) is 153 Å². The normalized spacial score (nSPS) is 12.4. The lowest BCUT2D eigenvalue weighted by atomic mass is 10.2. The zero-order chi connectivity index (χ0) is 24.1. The van der Waals surface area contributed by atoms with E-state index in [1.54, 1.807) is 18.2 Å². The molecule has 2 aromatic carbocycles. The third kappa shape index (κ3) is 5.12. The van der Waals surface area contributed by atoms with Crippen LogP contribution in [0.1, 0.15) is 16.3 Å². The monoisotopic (exact) mass is 466 g/mol. The van der Waals surface area contributed by atoms with Crippen molar-refractivity contribution in [1.82, 2.24) is 10.9 Å². The maximum Gasteiger partial charge on any atom is 0.305 e. The Labute approximate surface area is 192 Å². The SMILES string of the molecule is O=C(CN1C(=O)COc2ccc([N+](=O)[O-])cc21)NNC(=O)c1ccc(COc2ccccc2)o1. The summed E-state index contributed by atoms with van der Waals surface area (Å²) in [5, 5.41) is 11.0. The lowest BCUT2D eigenvalue weighted by Gasteiger charge is -2.28. The number of rotatable bonds is 7. The van der Waals surface area contributed by atoms with E-state index in [9.17, 15) is 24.5 Å². The number of nitrogens with zero attached hydrogens (tertiary/aromatic N) is 2. The van der Waals surface area contributed by atoms with Crippen molar-refractivity contribution in [2.24, 2.45) is 0 Å². The number of hydrogen-bond acceptors (Lipinski definition) is 8. The van der Waals surface area contributed by atoms with Gasteiger partial charge >= 0.3 is 5.91 Å². The molecule has 0 radical (unpaired) electrons. The van der Waals surface area contributed by atoms with Crippen molar-refractivity contribution < 1.29 is 33.2 Å². The fourth-order valence-corrected chi connectivity index (χ4v) is 3.10. The van der Waals surface area contributed by atoms with Gasteiger partial charge in [-0.2, -0.15) is 0 Å². The average Bonchev–Trinajstić information content (AvgIpc) is 3.32. The van der Waals surface area contributed by atoms with E-state index >= 15 is 0 Å². The van der Waals surface area contributed by atoms with Crippen LogP contribution in [0.3, 0.4) is 0 Å². The molecule has 12 heteroatoms. The number of carbonyl (C=O) groups excluding carboxylic acids is 3. The number of amides is 3. The molecular weight excluding hydrogens is 448 g/mol. The first-order valence-corrected chi connectivity index (χ1v) is 9.98. The second kappa shape index (κ2) is 9.73. The third-order valence-corrected chi connectivity index (χ3v) is 4.72. The van der Waals surface area contributed by atoms with Crippen LogP contribution in [0.2, 0.25) is 0 Å². The van der Waals surface area contributed by atoms with E-state index in [0.717, 1.165) is 11.0 Å². The van der Waals surface area contributed by atoms with Crippen molar-refractivity contribution in [2.45, 2.75) is 6.61 Å². The van der Waals surface area contributed by atoms with Crippen LogP contribution < -0.4 is 25.2 Å². The van der Waals surface area contributed by atoms with Gasteiger partial charge in [-0.3, -0.25) is 40.2 Å². The van der Waals surface area contributed by atoms with Gasteiger partial charge in [0.1, 0.15) is 30.4 Å². The van der Waals surface area contributed by atoms with Gasteiger partial charge in [0.15, 0.2) is 12.4 Å². The van der Waals surface area contributed by atoms with Crippen LogP contribution in [0.25, 0.3) is 0 Å². The Balaban J connectivity index is 1.32. The van der Waals surface area contributed by atoms with Gasteiger partial charge in [0.25, 0.3) is 17.5 Å². The second-order valence-corrected chi connectivity index (χ2v) is 7.05. The van der Waals surface area contributed by atoms with E-state index in [-0.39, 0.29) is 36.1 Å². The minimum atomic E-state index is -0.736. The van der Waals surface area contributed by atoms with Gasteiger partial charge in [-0.15, -0.1) is 0 Å². The lowest BCUT2D eigenvalue weighted by Crippen LogP contribution is -2.49. The number of carbonyl (C=O) groups is 3. The summed E-state index contributed by atoms with van der Waals surface area (Å²) in [6.07, 6.45) is 0. The summed E-state index contributed by atoms with van der Waals surface area (Å²) < 4.78 is 16.2. The predicted octanol–water partition coefficient (Wildman–Crippen LogP) is 1.95. The highest BCUT2D eigenvalue weighted by molar-refractivity contribution is 6.03. The number of hydrogen-bond donors (Lipinski definition) is 2. The number of benzene rings is 2. The molecule has 12 nitrogen and oxygen atoms in total. The second-order valence-electron chi connectivity index (χ2n) is 7.05. The fourth-order valence-electron chi connectivity index (χ4n) is 3.10. The molecule has 0 atom stereocenters. The molecule has 0 saturated carbocycles. The number of hydrazine groups is 1. The summed E-state index contributed by atoms with van der Waals surface area (Å²) in [4.78, 5) is 48.3. The third-order valence-electron chi connectivity index (χ3n) is 4.72. The van der Waals surface area contributed by atoms with E-state index in [2.05, 4.69) is 10.9 Å². The molecule has 0 spiro atoms. The standard InChI is InChI=1S/C22H18N4O8/c27-20(11-25-17-10-14(26(30)31)6-8-18(17)33-13-21(25)28)23-24-22(29)19-9-7-16(34-19)12-32-15-4-2-1-3-5-15/h1-10H,11-13H2,(H,23,27)(H,24,29). The largest absolute Gasteiger partial charge is 0.486 e. The molecule has 0 unspecified atom stereocenters. The van der Waals surface area contributed by atoms with E-state index in [1.807, 2.05) is 18.2 Å². The molecule has 174 valence electrons. The Morgan fingerprint density at radius 2 is 1.88 bits per heavy atom. The summed E-state index contributed by atoms with van der Waals surface area (Å²) in [5.74, 6) is -0.815. The van der Waals surface area contributed by atoms with E-state index < -0.39 is 29.2 Å². The number of non-ortho nitro benzene ring substituents is 1. The van der Waals surface area contributed by atoms with Crippen molar-refractivity contribution >= 4 is 29.1 Å². The summed E-state index contributed by atoms with van der Waals surface area (Å²) in [6, 6.07) is 15.8. The smallest absolute Gasteiger partial charge is 0.305 e. The highest BCUT2D eigenvalue weighted by Crippen LogP contribution is 2.35. The summed E-state index contributed by atoms with van der Waals surface area (Å²) >= 11 is 0. The lowest BCUT2D eigenvalue weighted by molar-refractivity contribution is -0.384. The Hall–Kier alpha value is -4.87. The van der Waals surface area contributed by atoms with Crippen LogP contribution in [0.15, 0.2) is 65.1 Å². The van der Waals surface area contributed by atoms with E-state index in [0.29, 0.717) is 11.5 Å². The summed E-state index contributed by atoms with van der Waals surface area (Å²) in [6.45, 7) is -0.718. The van der Waals surface area contributed by atoms with Gasteiger partial charge in [0.05, 0.1) is 10.6 Å². The molecule has 0 fully saturated rings. The minimum Gasteiger partial charge on any atom is -0.486 e. The average molecular weight is 466 g/mol. The van der Waals surface area contributed by atoms with Gasteiger partial charge < -0.3 is 13.9 Å². The van der Waals surface area contributed by atoms with Gasteiger partial charge in [-0.25, -0.2) is 0 Å². The molecule has 1 aliphatic rings. The number of furan rings is 1. The van der Waals surface area contributed by atoms with Crippen molar-refractivity contribution in [3.63, 3.8) is 0 Å². The number of nitro benzene ring substituents is 1. The maximum absolute atomic E-state index is 12.3. The molecule has 3 aromatic rings. The highest BCUT2D eigenvalue weighted by atomic mass is 16.6. The van der Waals surface area contributed by atoms with Crippen LogP contribution in [-0.4, -0.2) is 35.8 Å². The van der Waals surface area contributed by atoms with Crippen molar-refractivity contribution in [3.05, 3.63) is 82.3 Å². The Morgan fingerprint density at radius 3 is 2.65 bits per heavy atom. The maximum atomic E-state index is 12.3. The Morgan fingerprint density at radius 1 is 1.09 bits per heavy atom. The Bertz CT molecular complexity index is 1240. The molecule has 2 N–H and O–H groups in total. The molecular formula is C22H18N4O8. The summed E-state index contributed by atoms with van der Waals surface area (Å²) in [5.41, 5.74) is 4.20. The van der Waals surface area contributed by atoms with Gasteiger partial charge in [-0.1, -0.05) is 18.2 Å². The molecule has 4 rings (SSSR count). The van der Waals surface area contributed by atoms with Crippen LogP contribution in [0.4, 0.5) is 11.4 Å². The fraction of sp³-hybridized carbons (Fsp3) is 0.136.